The molecular formula is C26H18FN3O3. The number of ketones is 1. The Bertz CT molecular complexity index is 1320. The van der Waals surface area contributed by atoms with Crippen LogP contribution in [0.2, 0.25) is 0 Å². The fourth-order valence-electron chi connectivity index (χ4n) is 5.28. The standard InChI is InChI=1S/C26H18FN3O3/c27-17-12-10-15(11-13-17)24(31)23-21-20(22-19-9-5-4-6-16(19)14-28-30(22)23)25(32)29(26(21)33)18-7-2-1-3-8-18/h1-14,20-23H/t20-,21+,22-,23-/m0/s1. The Hall–Kier alpha value is -4.13. The maximum absolute atomic E-state index is 13.7. The minimum absolute atomic E-state index is 0.272. The van der Waals surface area contributed by atoms with E-state index in [0.29, 0.717) is 5.69 Å². The number of fused-ring (bicyclic) bond motifs is 5. The smallest absolute Gasteiger partial charge is 0.240 e. The zero-order valence-electron chi connectivity index (χ0n) is 17.3. The first-order valence-electron chi connectivity index (χ1n) is 10.7. The lowest BCUT2D eigenvalue weighted by atomic mass is 9.83. The minimum atomic E-state index is -0.972. The van der Waals surface area contributed by atoms with Crippen LogP contribution in [0.5, 0.6) is 0 Å². The summed E-state index contributed by atoms with van der Waals surface area (Å²) in [6.45, 7) is 0. The number of nitrogens with zero attached hydrogens (tertiary/aromatic N) is 3. The summed E-state index contributed by atoms with van der Waals surface area (Å²) >= 11 is 0. The number of halogens is 1. The van der Waals surface area contributed by atoms with E-state index in [0.717, 1.165) is 11.1 Å². The second-order valence-electron chi connectivity index (χ2n) is 8.41. The van der Waals surface area contributed by atoms with E-state index < -0.39 is 35.6 Å². The van der Waals surface area contributed by atoms with E-state index in [2.05, 4.69) is 5.10 Å². The van der Waals surface area contributed by atoms with Crippen molar-refractivity contribution >= 4 is 29.5 Å². The van der Waals surface area contributed by atoms with Crippen molar-refractivity contribution in [3.8, 4) is 0 Å². The van der Waals surface area contributed by atoms with Crippen LogP contribution >= 0.6 is 0 Å². The SMILES string of the molecule is O=C(c1ccc(F)cc1)[C@@H]1[C@@H]2C(=O)N(c3ccccc3)C(=O)[C@@H]2[C@@H]2c3ccccc3C=NN12. The second-order valence-corrected chi connectivity index (χ2v) is 8.41. The van der Waals surface area contributed by atoms with Crippen molar-refractivity contribution < 1.29 is 18.8 Å². The molecule has 0 aliphatic carbocycles. The highest BCUT2D eigenvalue weighted by Gasteiger charge is 2.65. The van der Waals surface area contributed by atoms with Crippen LogP contribution in [0.3, 0.4) is 0 Å². The zero-order valence-corrected chi connectivity index (χ0v) is 17.3. The molecule has 4 atom stereocenters. The molecular weight excluding hydrogens is 421 g/mol. The molecule has 0 aromatic heterocycles. The number of hydrazone groups is 1. The van der Waals surface area contributed by atoms with E-state index in [-0.39, 0.29) is 17.3 Å². The molecule has 2 amide bonds. The van der Waals surface area contributed by atoms with Gasteiger partial charge in [0.15, 0.2) is 5.78 Å². The fourth-order valence-corrected chi connectivity index (χ4v) is 5.28. The van der Waals surface area contributed by atoms with E-state index in [1.165, 1.54) is 29.2 Å². The third-order valence-corrected chi connectivity index (χ3v) is 6.70. The van der Waals surface area contributed by atoms with Gasteiger partial charge in [-0.1, -0.05) is 42.5 Å². The first-order chi connectivity index (χ1) is 16.1. The molecule has 2 saturated heterocycles. The van der Waals surface area contributed by atoms with E-state index in [4.69, 9.17) is 0 Å². The minimum Gasteiger partial charge on any atom is -0.292 e. The molecule has 33 heavy (non-hydrogen) atoms. The number of imide groups is 1. The van der Waals surface area contributed by atoms with Gasteiger partial charge in [-0.25, -0.2) is 9.29 Å². The summed E-state index contributed by atoms with van der Waals surface area (Å²) in [5, 5.41) is 6.12. The lowest BCUT2D eigenvalue weighted by Crippen LogP contribution is -2.44. The van der Waals surface area contributed by atoms with E-state index in [9.17, 15) is 18.8 Å². The summed E-state index contributed by atoms with van der Waals surface area (Å²) in [5.41, 5.74) is 2.46. The Morgan fingerprint density at radius 1 is 0.818 bits per heavy atom. The van der Waals surface area contributed by atoms with Crippen molar-refractivity contribution in [3.63, 3.8) is 0 Å². The third-order valence-electron chi connectivity index (χ3n) is 6.70. The Morgan fingerprint density at radius 3 is 2.24 bits per heavy atom. The van der Waals surface area contributed by atoms with E-state index in [1.807, 2.05) is 30.3 Å². The summed E-state index contributed by atoms with van der Waals surface area (Å²) in [4.78, 5) is 42.2. The molecule has 3 aliphatic rings. The van der Waals surface area contributed by atoms with Crippen molar-refractivity contribution in [2.75, 3.05) is 4.90 Å². The van der Waals surface area contributed by atoms with Crippen molar-refractivity contribution in [2.24, 2.45) is 16.9 Å². The molecule has 3 aromatic carbocycles. The zero-order chi connectivity index (χ0) is 22.7. The van der Waals surface area contributed by atoms with Gasteiger partial charge in [0.25, 0.3) is 0 Å². The van der Waals surface area contributed by atoms with Gasteiger partial charge in [0.2, 0.25) is 11.8 Å². The molecule has 3 heterocycles. The number of Topliss-reactive ketones (excluding diaryl/α,β-unsaturated/α-hetero) is 1. The molecule has 0 spiro atoms. The van der Waals surface area contributed by atoms with E-state index >= 15 is 0 Å². The third kappa shape index (κ3) is 2.78. The first kappa shape index (κ1) is 19.5. The van der Waals surface area contributed by atoms with E-state index in [1.54, 1.807) is 35.5 Å². The van der Waals surface area contributed by atoms with Crippen LogP contribution in [-0.4, -0.2) is 34.9 Å². The Labute approximate surface area is 188 Å². The van der Waals surface area contributed by atoms with Crippen molar-refractivity contribution in [3.05, 3.63) is 101 Å². The number of hydrogen-bond acceptors (Lipinski definition) is 5. The molecule has 6 rings (SSSR count). The van der Waals surface area contributed by atoms with Crippen LogP contribution in [0.15, 0.2) is 84.0 Å². The van der Waals surface area contributed by atoms with Gasteiger partial charge in [0.1, 0.15) is 11.9 Å². The average molecular weight is 439 g/mol. The Kier molecular flexibility index (Phi) is 4.26. The van der Waals surface area contributed by atoms with Gasteiger partial charge >= 0.3 is 0 Å². The summed E-state index contributed by atoms with van der Waals surface area (Å²) in [5.74, 6) is -3.23. The molecule has 2 fully saturated rings. The van der Waals surface area contributed by atoms with Gasteiger partial charge in [0, 0.05) is 5.56 Å². The van der Waals surface area contributed by atoms with Crippen molar-refractivity contribution in [1.82, 2.24) is 5.01 Å². The molecule has 0 N–H and O–H groups in total. The molecule has 0 unspecified atom stereocenters. The van der Waals surface area contributed by atoms with Gasteiger partial charge in [-0.05, 0) is 47.5 Å². The second kappa shape index (κ2) is 7.20. The van der Waals surface area contributed by atoms with Gasteiger partial charge in [0.05, 0.1) is 29.8 Å². The monoisotopic (exact) mass is 439 g/mol. The lowest BCUT2D eigenvalue weighted by Gasteiger charge is -2.33. The van der Waals surface area contributed by atoms with Crippen LogP contribution in [0.1, 0.15) is 27.5 Å². The maximum atomic E-state index is 13.7. The quantitative estimate of drug-likeness (QED) is 0.462. The summed E-state index contributed by atoms with van der Waals surface area (Å²) in [7, 11) is 0. The van der Waals surface area contributed by atoms with Crippen molar-refractivity contribution in [1.29, 1.82) is 0 Å². The Morgan fingerprint density at radius 2 is 1.48 bits per heavy atom. The number of carbonyl (C=O) groups excluding carboxylic acids is 3. The van der Waals surface area contributed by atoms with Gasteiger partial charge < -0.3 is 0 Å². The molecule has 6 nitrogen and oxygen atoms in total. The van der Waals surface area contributed by atoms with Gasteiger partial charge in [-0.15, -0.1) is 0 Å². The van der Waals surface area contributed by atoms with Crippen LogP contribution in [0, 0.1) is 17.7 Å². The van der Waals surface area contributed by atoms with Crippen LogP contribution in [0.25, 0.3) is 0 Å². The fraction of sp³-hybridized carbons (Fsp3) is 0.154. The lowest BCUT2D eigenvalue weighted by molar-refractivity contribution is -0.124. The van der Waals surface area contributed by atoms with Crippen LogP contribution < -0.4 is 4.90 Å². The number of carbonyl (C=O) groups is 3. The normalized spacial score (nSPS) is 25.1. The molecule has 7 heteroatoms. The molecule has 0 saturated carbocycles. The predicted molar refractivity (Wildman–Crippen MR) is 119 cm³/mol. The van der Waals surface area contributed by atoms with Gasteiger partial charge in [-0.3, -0.25) is 19.4 Å². The summed E-state index contributed by atoms with van der Waals surface area (Å²) in [6, 6.07) is 20.0. The number of para-hydroxylation sites is 1. The number of anilines is 1. The Balaban J connectivity index is 1.50. The number of hydrogen-bond donors (Lipinski definition) is 0. The first-order valence-corrected chi connectivity index (χ1v) is 10.7. The number of amides is 2. The number of rotatable bonds is 3. The van der Waals surface area contributed by atoms with Gasteiger partial charge in [-0.2, -0.15) is 5.10 Å². The maximum Gasteiger partial charge on any atom is 0.240 e. The largest absolute Gasteiger partial charge is 0.292 e. The van der Waals surface area contributed by atoms with Crippen molar-refractivity contribution in [2.45, 2.75) is 12.1 Å². The van der Waals surface area contributed by atoms with Crippen LogP contribution in [-0.2, 0) is 9.59 Å². The highest BCUT2D eigenvalue weighted by molar-refractivity contribution is 6.24. The van der Waals surface area contributed by atoms with Crippen LogP contribution in [0.4, 0.5) is 10.1 Å². The highest BCUT2D eigenvalue weighted by atomic mass is 19.1. The molecule has 162 valence electrons. The summed E-state index contributed by atoms with van der Waals surface area (Å²) in [6.07, 6.45) is 1.65. The molecule has 3 aromatic rings. The predicted octanol–water partition coefficient (Wildman–Crippen LogP) is 3.59. The molecule has 0 radical (unpaired) electrons. The number of benzene rings is 3. The highest BCUT2D eigenvalue weighted by Crippen LogP contribution is 2.53. The molecule has 0 bridgehead atoms. The molecule has 3 aliphatic heterocycles. The topological polar surface area (TPSA) is 70.0 Å². The average Bonchev–Trinajstić information content (AvgIpc) is 3.32. The summed E-state index contributed by atoms with van der Waals surface area (Å²) < 4.78 is 13.5.